The highest BCUT2D eigenvalue weighted by Gasteiger charge is 2.42. The van der Waals surface area contributed by atoms with E-state index in [1.807, 2.05) is 31.2 Å². The molecule has 0 saturated heterocycles. The van der Waals surface area contributed by atoms with Gasteiger partial charge in [-0.25, -0.2) is 0 Å². The van der Waals surface area contributed by atoms with Crippen molar-refractivity contribution in [2.24, 2.45) is 5.41 Å². The number of benzene rings is 1. The minimum absolute atomic E-state index is 0.0291. The molecular formula is C20H30N2O3. The molecule has 0 radical (unpaired) electrons. The molecule has 0 unspecified atom stereocenters. The van der Waals surface area contributed by atoms with Crippen LogP contribution in [0, 0.1) is 12.3 Å². The molecule has 5 nitrogen and oxygen atoms in total. The summed E-state index contributed by atoms with van der Waals surface area (Å²) in [4.78, 5) is 25.2. The molecule has 1 aromatic rings. The second-order valence-electron chi connectivity index (χ2n) is 7.03. The zero-order valence-electron chi connectivity index (χ0n) is 15.4. The van der Waals surface area contributed by atoms with Crippen LogP contribution in [0.25, 0.3) is 0 Å². The molecule has 1 fully saturated rings. The summed E-state index contributed by atoms with van der Waals surface area (Å²) in [5, 5.41) is 5.95. The highest BCUT2D eigenvalue weighted by Crippen LogP contribution is 2.41. The van der Waals surface area contributed by atoms with Crippen LogP contribution in [-0.4, -0.2) is 32.1 Å². The van der Waals surface area contributed by atoms with Crippen LogP contribution in [0.3, 0.4) is 0 Å². The Bertz CT molecular complexity index is 563. The van der Waals surface area contributed by atoms with Crippen molar-refractivity contribution in [3.05, 3.63) is 29.8 Å². The molecule has 2 amide bonds. The lowest BCUT2D eigenvalue weighted by molar-refractivity contribution is -0.134. The summed E-state index contributed by atoms with van der Waals surface area (Å²) in [7, 11) is 1.68. The van der Waals surface area contributed by atoms with E-state index in [4.69, 9.17) is 4.74 Å². The molecule has 25 heavy (non-hydrogen) atoms. The van der Waals surface area contributed by atoms with Gasteiger partial charge in [-0.3, -0.25) is 9.59 Å². The summed E-state index contributed by atoms with van der Waals surface area (Å²) in [5.74, 6) is -0.0539. The summed E-state index contributed by atoms with van der Waals surface area (Å²) in [6, 6.07) is 7.72. The minimum Gasteiger partial charge on any atom is -0.385 e. The highest BCUT2D eigenvalue weighted by atomic mass is 16.5. The van der Waals surface area contributed by atoms with E-state index < -0.39 is 5.41 Å². The molecule has 5 heteroatoms. The van der Waals surface area contributed by atoms with Gasteiger partial charge in [-0.05, 0) is 44.7 Å². The Balaban J connectivity index is 1.88. The lowest BCUT2D eigenvalue weighted by atomic mass is 9.81. The number of unbranched alkanes of at least 4 members (excludes halogenated alkanes) is 1. The Hall–Kier alpha value is -1.88. The Morgan fingerprint density at radius 3 is 2.44 bits per heavy atom. The maximum atomic E-state index is 12.7. The Kier molecular flexibility index (Phi) is 7.44. The van der Waals surface area contributed by atoms with Crippen LogP contribution < -0.4 is 10.6 Å². The molecule has 2 N–H and O–H groups in total. The van der Waals surface area contributed by atoms with Crippen molar-refractivity contribution >= 4 is 17.5 Å². The molecular weight excluding hydrogens is 316 g/mol. The predicted molar refractivity (Wildman–Crippen MR) is 99.4 cm³/mol. The van der Waals surface area contributed by atoms with Crippen molar-refractivity contribution in [1.82, 2.24) is 5.32 Å². The van der Waals surface area contributed by atoms with E-state index in [9.17, 15) is 9.59 Å². The van der Waals surface area contributed by atoms with E-state index >= 15 is 0 Å². The fourth-order valence-corrected chi connectivity index (χ4v) is 3.45. The second-order valence-corrected chi connectivity index (χ2v) is 7.03. The number of hydrogen-bond donors (Lipinski definition) is 2. The third kappa shape index (κ3) is 5.85. The first-order chi connectivity index (χ1) is 12.1. The van der Waals surface area contributed by atoms with Gasteiger partial charge < -0.3 is 15.4 Å². The number of anilines is 1. The van der Waals surface area contributed by atoms with Gasteiger partial charge in [0, 0.05) is 32.4 Å². The van der Waals surface area contributed by atoms with Crippen molar-refractivity contribution < 1.29 is 14.3 Å². The van der Waals surface area contributed by atoms with Crippen molar-refractivity contribution in [3.63, 3.8) is 0 Å². The zero-order chi connectivity index (χ0) is 18.1. The first-order valence-corrected chi connectivity index (χ1v) is 9.19. The van der Waals surface area contributed by atoms with Gasteiger partial charge in [0.1, 0.15) is 0 Å². The summed E-state index contributed by atoms with van der Waals surface area (Å²) < 4.78 is 5.02. The SMILES string of the molecule is COCCCCNC(=O)C1(CC(=O)Nc2ccc(C)cc2)CCCC1. The average Bonchev–Trinajstić information content (AvgIpc) is 3.06. The van der Waals surface area contributed by atoms with E-state index in [0.717, 1.165) is 49.8 Å². The maximum absolute atomic E-state index is 12.7. The van der Waals surface area contributed by atoms with Gasteiger partial charge in [0.2, 0.25) is 11.8 Å². The number of amides is 2. The van der Waals surface area contributed by atoms with Crippen LogP contribution >= 0.6 is 0 Å². The third-order valence-electron chi connectivity index (χ3n) is 4.94. The summed E-state index contributed by atoms with van der Waals surface area (Å²) in [5.41, 5.74) is 1.39. The standard InChI is InChI=1S/C20H30N2O3/c1-16-7-9-17(10-8-16)22-18(23)15-20(11-3-4-12-20)19(24)21-13-5-6-14-25-2/h7-10H,3-6,11-15H2,1-2H3,(H,21,24)(H,22,23). The zero-order valence-corrected chi connectivity index (χ0v) is 15.4. The molecule has 0 spiro atoms. The van der Waals surface area contributed by atoms with Gasteiger partial charge in [-0.1, -0.05) is 30.5 Å². The number of carbonyl (C=O) groups is 2. The maximum Gasteiger partial charge on any atom is 0.226 e. The molecule has 0 aromatic heterocycles. The fraction of sp³-hybridized carbons (Fsp3) is 0.600. The van der Waals surface area contributed by atoms with Crippen LogP contribution in [0.4, 0.5) is 5.69 Å². The summed E-state index contributed by atoms with van der Waals surface area (Å²) >= 11 is 0. The largest absolute Gasteiger partial charge is 0.385 e. The van der Waals surface area contributed by atoms with Crippen molar-refractivity contribution in [2.75, 3.05) is 25.6 Å². The molecule has 1 aromatic carbocycles. The molecule has 2 rings (SSSR count). The fourth-order valence-electron chi connectivity index (χ4n) is 3.45. The first-order valence-electron chi connectivity index (χ1n) is 9.19. The Morgan fingerprint density at radius 1 is 1.12 bits per heavy atom. The van der Waals surface area contributed by atoms with Crippen LogP contribution in [0.5, 0.6) is 0 Å². The van der Waals surface area contributed by atoms with Crippen molar-refractivity contribution in [1.29, 1.82) is 0 Å². The van der Waals surface area contributed by atoms with E-state index in [1.54, 1.807) is 7.11 Å². The van der Waals surface area contributed by atoms with Crippen LogP contribution in [0.15, 0.2) is 24.3 Å². The second kappa shape index (κ2) is 9.56. The Labute approximate surface area is 150 Å². The van der Waals surface area contributed by atoms with E-state index in [-0.39, 0.29) is 18.2 Å². The molecule has 0 atom stereocenters. The predicted octanol–water partition coefficient (Wildman–Crippen LogP) is 3.43. The van der Waals surface area contributed by atoms with Crippen LogP contribution in [-0.2, 0) is 14.3 Å². The molecule has 0 aliphatic heterocycles. The van der Waals surface area contributed by atoms with Crippen molar-refractivity contribution in [3.8, 4) is 0 Å². The van der Waals surface area contributed by atoms with Gasteiger partial charge in [0.05, 0.1) is 5.41 Å². The lowest BCUT2D eigenvalue weighted by Gasteiger charge is -2.27. The number of hydrogen-bond acceptors (Lipinski definition) is 3. The first kappa shape index (κ1) is 19.4. The van der Waals surface area contributed by atoms with E-state index in [2.05, 4.69) is 10.6 Å². The third-order valence-corrected chi connectivity index (χ3v) is 4.94. The molecule has 0 heterocycles. The molecule has 0 bridgehead atoms. The van der Waals surface area contributed by atoms with Gasteiger partial charge >= 0.3 is 0 Å². The van der Waals surface area contributed by atoms with Gasteiger partial charge in [-0.15, -0.1) is 0 Å². The number of ether oxygens (including phenoxy) is 1. The molecule has 1 saturated carbocycles. The molecule has 138 valence electrons. The smallest absolute Gasteiger partial charge is 0.226 e. The van der Waals surface area contributed by atoms with Gasteiger partial charge in [0.25, 0.3) is 0 Å². The quantitative estimate of drug-likeness (QED) is 0.673. The van der Waals surface area contributed by atoms with Crippen LogP contribution in [0.2, 0.25) is 0 Å². The van der Waals surface area contributed by atoms with E-state index in [1.165, 1.54) is 0 Å². The molecule has 1 aliphatic carbocycles. The minimum atomic E-state index is -0.546. The topological polar surface area (TPSA) is 67.4 Å². The highest BCUT2D eigenvalue weighted by molar-refractivity contribution is 5.95. The lowest BCUT2D eigenvalue weighted by Crippen LogP contribution is -2.42. The number of methoxy groups -OCH3 is 1. The van der Waals surface area contributed by atoms with Crippen molar-refractivity contribution in [2.45, 2.75) is 51.9 Å². The van der Waals surface area contributed by atoms with Crippen LogP contribution in [0.1, 0.15) is 50.5 Å². The summed E-state index contributed by atoms with van der Waals surface area (Å²) in [6.45, 7) is 3.36. The number of rotatable bonds is 9. The van der Waals surface area contributed by atoms with E-state index in [0.29, 0.717) is 13.2 Å². The van der Waals surface area contributed by atoms with Gasteiger partial charge in [-0.2, -0.15) is 0 Å². The normalized spacial score (nSPS) is 15.8. The molecule has 1 aliphatic rings. The average molecular weight is 346 g/mol. The number of aryl methyl sites for hydroxylation is 1. The summed E-state index contributed by atoms with van der Waals surface area (Å²) in [6.07, 6.45) is 5.67. The Morgan fingerprint density at radius 2 is 1.80 bits per heavy atom. The number of nitrogens with one attached hydrogen (secondary N) is 2. The monoisotopic (exact) mass is 346 g/mol. The number of carbonyl (C=O) groups excluding carboxylic acids is 2. The van der Waals surface area contributed by atoms with Gasteiger partial charge in [0.15, 0.2) is 0 Å².